The topological polar surface area (TPSA) is 77.8 Å². The van der Waals surface area contributed by atoms with E-state index in [0.717, 1.165) is 0 Å². The number of hydrogen-bond donors (Lipinski definition) is 2. The van der Waals surface area contributed by atoms with Crippen LogP contribution in [0.25, 0.3) is 22.5 Å². The Hall–Kier alpha value is -3.30. The van der Waals surface area contributed by atoms with Gasteiger partial charge in [0.25, 0.3) is 0 Å². The summed E-state index contributed by atoms with van der Waals surface area (Å²) in [5, 5.41) is 0. The summed E-state index contributed by atoms with van der Waals surface area (Å²) in [4.78, 5) is 7.53. The van der Waals surface area contributed by atoms with Gasteiger partial charge in [0, 0.05) is 5.56 Å². The summed E-state index contributed by atoms with van der Waals surface area (Å²) < 4.78 is 79.6. The fraction of sp³-hybridized carbons (Fsp3) is 0. The van der Waals surface area contributed by atoms with Crippen molar-refractivity contribution >= 4 is 11.6 Å². The van der Waals surface area contributed by atoms with Crippen molar-refractivity contribution in [2.45, 2.75) is 0 Å². The lowest BCUT2D eigenvalue weighted by Gasteiger charge is -2.11. The molecule has 1 heterocycles. The van der Waals surface area contributed by atoms with Crippen LogP contribution in [0.15, 0.2) is 24.3 Å². The zero-order valence-electron chi connectivity index (χ0n) is 12.6. The second-order valence-electron chi connectivity index (χ2n) is 5.20. The highest BCUT2D eigenvalue weighted by Gasteiger charge is 2.19. The third-order valence-corrected chi connectivity index (χ3v) is 3.48. The lowest BCUT2D eigenvalue weighted by Crippen LogP contribution is -2.06. The van der Waals surface area contributed by atoms with E-state index in [9.17, 15) is 26.3 Å². The normalized spacial score (nSPS) is 11.0. The van der Waals surface area contributed by atoms with Crippen LogP contribution in [0, 0.1) is 34.9 Å². The van der Waals surface area contributed by atoms with Crippen LogP contribution >= 0.6 is 0 Å². The molecule has 4 nitrogen and oxygen atoms in total. The summed E-state index contributed by atoms with van der Waals surface area (Å²) in [6.45, 7) is 0. The van der Waals surface area contributed by atoms with Gasteiger partial charge >= 0.3 is 0 Å². The zero-order valence-corrected chi connectivity index (χ0v) is 12.6. The van der Waals surface area contributed by atoms with E-state index in [-0.39, 0.29) is 34.2 Å². The van der Waals surface area contributed by atoms with E-state index in [1.165, 1.54) is 0 Å². The van der Waals surface area contributed by atoms with E-state index in [2.05, 4.69) is 9.97 Å². The van der Waals surface area contributed by atoms with E-state index >= 15 is 0 Å². The van der Waals surface area contributed by atoms with Crippen LogP contribution < -0.4 is 11.5 Å². The molecule has 10 heteroatoms. The summed E-state index contributed by atoms with van der Waals surface area (Å²) in [7, 11) is 0. The summed E-state index contributed by atoms with van der Waals surface area (Å²) in [5.41, 5.74) is 10.7. The lowest BCUT2D eigenvalue weighted by molar-refractivity contribution is 0.447. The van der Waals surface area contributed by atoms with Crippen LogP contribution in [0.1, 0.15) is 0 Å². The van der Waals surface area contributed by atoms with Crippen LogP contribution in [0.4, 0.5) is 38.0 Å². The Labute approximate surface area is 142 Å². The SMILES string of the molecule is Nc1nc(-c2cc(F)c(F)c(F)c2)nc(N)c1-c1cc(F)c(F)c(F)c1. The number of halogens is 6. The summed E-state index contributed by atoms with van der Waals surface area (Å²) in [5.74, 6) is -10.4. The molecule has 0 saturated heterocycles. The molecule has 3 aromatic rings. The molecule has 134 valence electrons. The molecule has 0 unspecified atom stereocenters. The first-order valence-corrected chi connectivity index (χ1v) is 6.92. The average Bonchev–Trinajstić information content (AvgIpc) is 2.56. The van der Waals surface area contributed by atoms with Crippen molar-refractivity contribution in [3.63, 3.8) is 0 Å². The Morgan fingerprint density at radius 1 is 0.577 bits per heavy atom. The minimum absolute atomic E-state index is 0.199. The molecule has 1 aromatic heterocycles. The second kappa shape index (κ2) is 6.21. The molecular weight excluding hydrogens is 362 g/mol. The monoisotopic (exact) mass is 370 g/mol. The van der Waals surface area contributed by atoms with Gasteiger partial charge in [0.15, 0.2) is 40.7 Å². The van der Waals surface area contributed by atoms with Crippen molar-refractivity contribution in [1.82, 2.24) is 9.97 Å². The minimum atomic E-state index is -1.68. The Morgan fingerprint density at radius 2 is 0.923 bits per heavy atom. The number of nitrogens with two attached hydrogens (primary N) is 2. The van der Waals surface area contributed by atoms with Crippen molar-refractivity contribution in [1.29, 1.82) is 0 Å². The van der Waals surface area contributed by atoms with Gasteiger partial charge in [-0.05, 0) is 29.8 Å². The number of nitrogens with zero attached hydrogens (tertiary/aromatic N) is 2. The highest BCUT2D eigenvalue weighted by Crippen LogP contribution is 2.33. The fourth-order valence-electron chi connectivity index (χ4n) is 2.31. The van der Waals surface area contributed by atoms with Crippen LogP contribution in [0.3, 0.4) is 0 Å². The largest absolute Gasteiger partial charge is 0.383 e. The van der Waals surface area contributed by atoms with Gasteiger partial charge in [-0.1, -0.05) is 0 Å². The first-order chi connectivity index (χ1) is 12.2. The molecule has 4 N–H and O–H groups in total. The van der Waals surface area contributed by atoms with Gasteiger partial charge in [-0.2, -0.15) is 0 Å². The van der Waals surface area contributed by atoms with Gasteiger partial charge in [-0.25, -0.2) is 36.3 Å². The molecule has 0 spiro atoms. The maximum atomic E-state index is 13.4. The average molecular weight is 370 g/mol. The van der Waals surface area contributed by atoms with Crippen LogP contribution in [-0.2, 0) is 0 Å². The molecule has 0 bridgehead atoms. The molecule has 0 aliphatic carbocycles. The van der Waals surface area contributed by atoms with Gasteiger partial charge in [-0.3, -0.25) is 0 Å². The van der Waals surface area contributed by atoms with Crippen molar-refractivity contribution < 1.29 is 26.3 Å². The predicted octanol–water partition coefficient (Wildman–Crippen LogP) is 3.81. The maximum Gasteiger partial charge on any atom is 0.194 e. The lowest BCUT2D eigenvalue weighted by atomic mass is 10.1. The minimum Gasteiger partial charge on any atom is -0.383 e. The van der Waals surface area contributed by atoms with Crippen molar-refractivity contribution in [3.8, 4) is 22.5 Å². The predicted molar refractivity (Wildman–Crippen MR) is 81.5 cm³/mol. The molecule has 2 aromatic carbocycles. The summed E-state index contributed by atoms with van der Waals surface area (Å²) >= 11 is 0. The van der Waals surface area contributed by atoms with E-state index in [1.807, 2.05) is 0 Å². The highest BCUT2D eigenvalue weighted by molar-refractivity contribution is 5.84. The molecular formula is C16H8F6N4. The number of anilines is 2. The number of aromatic nitrogens is 2. The van der Waals surface area contributed by atoms with Gasteiger partial charge in [0.2, 0.25) is 0 Å². The van der Waals surface area contributed by atoms with Crippen molar-refractivity contribution in [2.24, 2.45) is 0 Å². The van der Waals surface area contributed by atoms with Gasteiger partial charge in [0.05, 0.1) is 5.56 Å². The first kappa shape index (κ1) is 17.5. The standard InChI is InChI=1S/C16H8F6N4/c17-7-1-5(2-8(18)12(7)21)11-14(23)25-16(26-15(11)24)6-3-9(19)13(22)10(20)4-6/h1-4H,(H4,23,24,25,26). The Bertz CT molecular complexity index is 968. The van der Waals surface area contributed by atoms with Crippen molar-refractivity contribution in [2.75, 3.05) is 11.5 Å². The molecule has 26 heavy (non-hydrogen) atoms. The number of hydrogen-bond acceptors (Lipinski definition) is 4. The summed E-state index contributed by atoms with van der Waals surface area (Å²) in [6.07, 6.45) is 0. The van der Waals surface area contributed by atoms with Gasteiger partial charge < -0.3 is 11.5 Å². The number of benzene rings is 2. The van der Waals surface area contributed by atoms with Gasteiger partial charge in [-0.15, -0.1) is 0 Å². The van der Waals surface area contributed by atoms with Crippen molar-refractivity contribution in [3.05, 3.63) is 59.2 Å². The number of rotatable bonds is 2. The fourth-order valence-corrected chi connectivity index (χ4v) is 2.31. The molecule has 0 atom stereocenters. The third-order valence-electron chi connectivity index (χ3n) is 3.48. The van der Waals surface area contributed by atoms with Crippen LogP contribution in [0.5, 0.6) is 0 Å². The molecule has 0 amide bonds. The van der Waals surface area contributed by atoms with E-state index in [4.69, 9.17) is 11.5 Å². The van der Waals surface area contributed by atoms with E-state index < -0.39 is 34.9 Å². The smallest absolute Gasteiger partial charge is 0.194 e. The maximum absolute atomic E-state index is 13.4. The van der Waals surface area contributed by atoms with E-state index in [1.54, 1.807) is 0 Å². The molecule has 0 radical (unpaired) electrons. The van der Waals surface area contributed by atoms with Crippen LogP contribution in [0.2, 0.25) is 0 Å². The third kappa shape index (κ3) is 2.89. The number of nitrogen functional groups attached to an aromatic ring is 2. The zero-order chi connectivity index (χ0) is 19.2. The summed E-state index contributed by atoms with van der Waals surface area (Å²) in [6, 6.07) is 2.54. The Kier molecular flexibility index (Phi) is 4.18. The molecule has 0 aliphatic heterocycles. The molecule has 0 saturated carbocycles. The molecule has 0 aliphatic rings. The quantitative estimate of drug-likeness (QED) is 0.531. The second-order valence-corrected chi connectivity index (χ2v) is 5.20. The molecule has 0 fully saturated rings. The Balaban J connectivity index is 2.16. The van der Waals surface area contributed by atoms with E-state index in [0.29, 0.717) is 24.3 Å². The Morgan fingerprint density at radius 3 is 1.31 bits per heavy atom. The highest BCUT2D eigenvalue weighted by atomic mass is 19.2. The first-order valence-electron chi connectivity index (χ1n) is 6.92. The van der Waals surface area contributed by atoms with Crippen LogP contribution in [-0.4, -0.2) is 9.97 Å². The van der Waals surface area contributed by atoms with Gasteiger partial charge in [0.1, 0.15) is 11.6 Å². The molecule has 3 rings (SSSR count).